The number of benzene rings is 1. The van der Waals surface area contributed by atoms with Crippen molar-refractivity contribution in [2.24, 2.45) is 4.99 Å². The molecule has 16 heavy (non-hydrogen) atoms. The number of hydrogen-bond acceptors (Lipinski definition) is 3. The van der Waals surface area contributed by atoms with E-state index in [0.717, 1.165) is 29.2 Å². The predicted molar refractivity (Wildman–Crippen MR) is 60.8 cm³/mol. The first-order chi connectivity index (χ1) is 7.84. The summed E-state index contributed by atoms with van der Waals surface area (Å²) in [5.41, 5.74) is 0.808. The average Bonchev–Trinajstić information content (AvgIpc) is 3.10. The van der Waals surface area contributed by atoms with Crippen LogP contribution in [-0.4, -0.2) is 11.1 Å². The van der Waals surface area contributed by atoms with Crippen LogP contribution < -0.4 is 0 Å². The van der Waals surface area contributed by atoms with E-state index < -0.39 is 0 Å². The Morgan fingerprint density at radius 1 is 1.25 bits per heavy atom. The van der Waals surface area contributed by atoms with Crippen LogP contribution in [0, 0.1) is 0 Å². The molecular weight excluding hydrogens is 200 g/mol. The highest BCUT2D eigenvalue weighted by atomic mass is 16.1. The van der Waals surface area contributed by atoms with Gasteiger partial charge in [-0.1, -0.05) is 12.1 Å². The number of fused-ring (bicyclic) bond motifs is 1. The van der Waals surface area contributed by atoms with Crippen LogP contribution >= 0.6 is 0 Å². The van der Waals surface area contributed by atoms with E-state index in [0.29, 0.717) is 0 Å². The molecule has 1 fully saturated rings. The molecule has 1 aromatic carbocycles. The van der Waals surface area contributed by atoms with E-state index in [1.807, 2.05) is 24.4 Å². The van der Waals surface area contributed by atoms with Gasteiger partial charge in [-0.3, -0.25) is 4.98 Å². The molecule has 0 spiro atoms. The fraction of sp³-hybridized carbons (Fsp3) is 0.231. The summed E-state index contributed by atoms with van der Waals surface area (Å²) in [5, 5.41) is 2.25. The van der Waals surface area contributed by atoms with Gasteiger partial charge in [0.2, 0.25) is 6.08 Å². The van der Waals surface area contributed by atoms with Crippen LogP contribution in [0.1, 0.15) is 18.4 Å². The topological polar surface area (TPSA) is 42.3 Å². The Bertz CT molecular complexity index is 596. The summed E-state index contributed by atoms with van der Waals surface area (Å²) < 4.78 is 0. The molecule has 2 aromatic rings. The molecule has 0 N–H and O–H groups in total. The average molecular weight is 210 g/mol. The molecule has 0 saturated heterocycles. The Balaban J connectivity index is 2.15. The summed E-state index contributed by atoms with van der Waals surface area (Å²) in [4.78, 5) is 18.4. The molecule has 1 saturated carbocycles. The Kier molecular flexibility index (Phi) is 1.88. The summed E-state index contributed by atoms with van der Waals surface area (Å²) in [6.07, 6.45) is 7.16. The predicted octanol–water partition coefficient (Wildman–Crippen LogP) is 2.56. The number of isocyanates is 1. The SMILES string of the molecule is O=C=NC1(c2ccc3ccncc3c2)CC1. The molecule has 0 radical (unpaired) electrons. The van der Waals surface area contributed by atoms with E-state index in [4.69, 9.17) is 0 Å². The van der Waals surface area contributed by atoms with Gasteiger partial charge in [-0.15, -0.1) is 0 Å². The van der Waals surface area contributed by atoms with Crippen LogP contribution in [-0.2, 0) is 10.3 Å². The van der Waals surface area contributed by atoms with Gasteiger partial charge in [-0.05, 0) is 35.9 Å². The van der Waals surface area contributed by atoms with Crippen LogP contribution in [0.5, 0.6) is 0 Å². The van der Waals surface area contributed by atoms with Crippen molar-refractivity contribution in [1.29, 1.82) is 0 Å². The van der Waals surface area contributed by atoms with Crippen LogP contribution in [0.15, 0.2) is 41.7 Å². The molecule has 1 heterocycles. The smallest absolute Gasteiger partial charge is 0.235 e. The van der Waals surface area contributed by atoms with E-state index in [2.05, 4.69) is 16.0 Å². The van der Waals surface area contributed by atoms with Crippen molar-refractivity contribution in [1.82, 2.24) is 4.98 Å². The summed E-state index contributed by atoms with van der Waals surface area (Å²) in [6.45, 7) is 0. The largest absolute Gasteiger partial charge is 0.264 e. The number of carbonyl (C=O) groups excluding carboxylic acids is 1. The molecule has 1 aliphatic carbocycles. The van der Waals surface area contributed by atoms with Gasteiger partial charge < -0.3 is 0 Å². The molecule has 3 heteroatoms. The Hall–Kier alpha value is -1.99. The normalized spacial score (nSPS) is 16.8. The summed E-state index contributed by atoms with van der Waals surface area (Å²) in [5.74, 6) is 0. The van der Waals surface area contributed by atoms with Crippen molar-refractivity contribution in [2.75, 3.05) is 0 Å². The maximum atomic E-state index is 10.4. The van der Waals surface area contributed by atoms with Crippen molar-refractivity contribution in [2.45, 2.75) is 18.4 Å². The highest BCUT2D eigenvalue weighted by Crippen LogP contribution is 2.49. The maximum absolute atomic E-state index is 10.4. The lowest BCUT2D eigenvalue weighted by molar-refractivity contribution is 0.556. The third kappa shape index (κ3) is 1.34. The van der Waals surface area contributed by atoms with Crippen molar-refractivity contribution < 1.29 is 4.79 Å². The third-order valence-corrected chi connectivity index (χ3v) is 3.16. The number of aromatic nitrogens is 1. The van der Waals surface area contributed by atoms with Gasteiger partial charge in [0.1, 0.15) is 0 Å². The summed E-state index contributed by atoms with van der Waals surface area (Å²) in [7, 11) is 0. The second-order valence-corrected chi connectivity index (χ2v) is 4.17. The van der Waals surface area contributed by atoms with Crippen molar-refractivity contribution >= 4 is 16.9 Å². The Morgan fingerprint density at radius 3 is 2.88 bits per heavy atom. The molecule has 0 unspecified atom stereocenters. The fourth-order valence-electron chi connectivity index (χ4n) is 2.05. The molecule has 0 aliphatic heterocycles. The second kappa shape index (κ2) is 3.26. The summed E-state index contributed by atoms with van der Waals surface area (Å²) in [6, 6.07) is 8.13. The van der Waals surface area contributed by atoms with Crippen molar-refractivity contribution in [3.05, 3.63) is 42.2 Å². The van der Waals surface area contributed by atoms with Crippen LogP contribution in [0.3, 0.4) is 0 Å². The minimum absolute atomic E-state index is 0.286. The lowest BCUT2D eigenvalue weighted by atomic mass is 10.0. The zero-order valence-corrected chi connectivity index (χ0v) is 8.68. The first kappa shape index (κ1) is 9.25. The van der Waals surface area contributed by atoms with E-state index in [1.165, 1.54) is 0 Å². The van der Waals surface area contributed by atoms with Gasteiger partial charge in [-0.2, -0.15) is 4.99 Å². The summed E-state index contributed by atoms with van der Waals surface area (Å²) >= 11 is 0. The van der Waals surface area contributed by atoms with Gasteiger partial charge in [-0.25, -0.2) is 4.79 Å². The highest BCUT2D eigenvalue weighted by Gasteiger charge is 2.44. The Morgan fingerprint density at radius 2 is 2.12 bits per heavy atom. The second-order valence-electron chi connectivity index (χ2n) is 4.17. The van der Waals surface area contributed by atoms with Gasteiger partial charge in [0.05, 0.1) is 5.54 Å². The number of pyridine rings is 1. The van der Waals surface area contributed by atoms with Crippen LogP contribution in [0.25, 0.3) is 10.8 Å². The van der Waals surface area contributed by atoms with E-state index in [1.54, 1.807) is 12.3 Å². The molecule has 0 bridgehead atoms. The maximum Gasteiger partial charge on any atom is 0.235 e. The van der Waals surface area contributed by atoms with Gasteiger partial charge in [0, 0.05) is 17.8 Å². The molecule has 0 atom stereocenters. The van der Waals surface area contributed by atoms with Crippen molar-refractivity contribution in [3.63, 3.8) is 0 Å². The van der Waals surface area contributed by atoms with Gasteiger partial charge in [0.25, 0.3) is 0 Å². The van der Waals surface area contributed by atoms with Gasteiger partial charge in [0.15, 0.2) is 0 Å². The molecule has 3 nitrogen and oxygen atoms in total. The number of nitrogens with zero attached hydrogens (tertiary/aromatic N) is 2. The molecule has 3 rings (SSSR count). The van der Waals surface area contributed by atoms with Crippen molar-refractivity contribution in [3.8, 4) is 0 Å². The fourth-order valence-corrected chi connectivity index (χ4v) is 2.05. The third-order valence-electron chi connectivity index (χ3n) is 3.16. The highest BCUT2D eigenvalue weighted by molar-refractivity contribution is 5.82. The first-order valence-corrected chi connectivity index (χ1v) is 5.27. The monoisotopic (exact) mass is 210 g/mol. The van der Waals surface area contributed by atoms with E-state index in [-0.39, 0.29) is 5.54 Å². The number of hydrogen-bond donors (Lipinski definition) is 0. The lowest BCUT2D eigenvalue weighted by Gasteiger charge is -2.08. The zero-order valence-electron chi connectivity index (χ0n) is 8.68. The molecule has 1 aliphatic rings. The van der Waals surface area contributed by atoms with Gasteiger partial charge >= 0.3 is 0 Å². The lowest BCUT2D eigenvalue weighted by Crippen LogP contribution is -2.01. The van der Waals surface area contributed by atoms with Crippen LogP contribution in [0.2, 0.25) is 0 Å². The zero-order chi connectivity index (χ0) is 11.0. The molecule has 0 amide bonds. The van der Waals surface area contributed by atoms with E-state index >= 15 is 0 Å². The quantitative estimate of drug-likeness (QED) is 0.564. The molecular formula is C13H10N2O. The van der Waals surface area contributed by atoms with Crippen LogP contribution in [0.4, 0.5) is 0 Å². The Labute approximate surface area is 92.8 Å². The first-order valence-electron chi connectivity index (χ1n) is 5.27. The minimum atomic E-state index is -0.286. The minimum Gasteiger partial charge on any atom is -0.264 e. The number of rotatable bonds is 2. The molecule has 78 valence electrons. The standard InChI is InChI=1S/C13H10N2O/c16-9-15-13(4-5-13)12-2-1-10-3-6-14-8-11(10)7-12/h1-3,6-8H,4-5H2. The number of aliphatic imine (C=N–C) groups is 1. The van der Waals surface area contributed by atoms with E-state index in [9.17, 15) is 4.79 Å². The molecule has 1 aromatic heterocycles.